The molecule has 4 nitrogen and oxygen atoms in total. The fraction of sp³-hybridized carbons (Fsp3) is 0.250. The minimum absolute atomic E-state index is 0.0105. The fourth-order valence-electron chi connectivity index (χ4n) is 1.32. The van der Waals surface area contributed by atoms with E-state index in [2.05, 4.69) is 6.58 Å². The summed E-state index contributed by atoms with van der Waals surface area (Å²) >= 11 is 0. The summed E-state index contributed by atoms with van der Waals surface area (Å²) in [5.74, 6) is -0.972. The van der Waals surface area contributed by atoms with Crippen LogP contribution in [-0.2, 0) is 19.1 Å². The molecular formula is C16H18O4. The van der Waals surface area contributed by atoms with Gasteiger partial charge in [-0.15, -0.1) is 0 Å². The smallest absolute Gasteiger partial charge is 0.333 e. The van der Waals surface area contributed by atoms with Crippen LogP contribution in [0.3, 0.4) is 0 Å². The molecule has 20 heavy (non-hydrogen) atoms. The van der Waals surface area contributed by atoms with Crippen LogP contribution in [0.1, 0.15) is 19.4 Å². The number of esters is 2. The third-order valence-electron chi connectivity index (χ3n) is 2.33. The molecule has 0 amide bonds. The molecule has 0 spiro atoms. The highest BCUT2D eigenvalue weighted by Crippen LogP contribution is 2.03. The number of hydrogen-bond acceptors (Lipinski definition) is 4. The molecule has 0 N–H and O–H groups in total. The lowest BCUT2D eigenvalue weighted by Gasteiger charge is -2.12. The van der Waals surface area contributed by atoms with Crippen LogP contribution in [0, 0.1) is 0 Å². The summed E-state index contributed by atoms with van der Waals surface area (Å²) in [7, 11) is 0. The van der Waals surface area contributed by atoms with E-state index in [1.807, 2.05) is 30.3 Å². The number of carbonyl (C=O) groups is 2. The predicted molar refractivity (Wildman–Crippen MR) is 76.8 cm³/mol. The normalized spacial score (nSPS) is 11.9. The lowest BCUT2D eigenvalue weighted by Crippen LogP contribution is -2.21. The monoisotopic (exact) mass is 274 g/mol. The Balaban J connectivity index is 2.37. The largest absolute Gasteiger partial charge is 0.458 e. The number of benzene rings is 1. The summed E-state index contributed by atoms with van der Waals surface area (Å²) in [6.07, 6.45) is 2.49. The molecule has 0 aliphatic carbocycles. The first-order chi connectivity index (χ1) is 9.49. The van der Waals surface area contributed by atoms with Gasteiger partial charge in [0.05, 0.1) is 0 Å². The minimum atomic E-state index is -0.508. The van der Waals surface area contributed by atoms with Gasteiger partial charge in [-0.25, -0.2) is 9.59 Å². The molecule has 1 unspecified atom stereocenters. The molecule has 0 bridgehead atoms. The van der Waals surface area contributed by atoms with Gasteiger partial charge in [-0.05, 0) is 25.5 Å². The Morgan fingerprint density at radius 3 is 2.55 bits per heavy atom. The summed E-state index contributed by atoms with van der Waals surface area (Å²) in [6, 6.07) is 9.41. The maximum Gasteiger partial charge on any atom is 0.333 e. The summed E-state index contributed by atoms with van der Waals surface area (Å²) in [5, 5.41) is 0. The zero-order valence-corrected chi connectivity index (χ0v) is 11.7. The molecule has 0 aliphatic heterocycles. The van der Waals surface area contributed by atoms with Gasteiger partial charge in [0, 0.05) is 11.6 Å². The van der Waals surface area contributed by atoms with Crippen LogP contribution < -0.4 is 0 Å². The van der Waals surface area contributed by atoms with Crippen molar-refractivity contribution in [2.24, 2.45) is 0 Å². The number of ether oxygens (including phenoxy) is 2. The number of hydrogen-bond donors (Lipinski definition) is 0. The molecule has 4 heteroatoms. The van der Waals surface area contributed by atoms with Crippen LogP contribution in [0.15, 0.2) is 48.6 Å². The van der Waals surface area contributed by atoms with Crippen LogP contribution in [0.5, 0.6) is 0 Å². The zero-order valence-electron chi connectivity index (χ0n) is 11.7. The highest BCUT2D eigenvalue weighted by atomic mass is 16.6. The van der Waals surface area contributed by atoms with Gasteiger partial charge >= 0.3 is 11.9 Å². The van der Waals surface area contributed by atoms with Crippen molar-refractivity contribution in [3.63, 3.8) is 0 Å². The van der Waals surface area contributed by atoms with E-state index in [1.54, 1.807) is 19.9 Å². The first-order valence-electron chi connectivity index (χ1n) is 6.25. The molecule has 1 rings (SSSR count). The van der Waals surface area contributed by atoms with Crippen molar-refractivity contribution >= 4 is 18.0 Å². The minimum Gasteiger partial charge on any atom is -0.458 e. The van der Waals surface area contributed by atoms with E-state index in [4.69, 9.17) is 9.47 Å². The molecule has 0 fully saturated rings. The Bertz CT molecular complexity index is 502. The van der Waals surface area contributed by atoms with E-state index >= 15 is 0 Å². The second-order valence-corrected chi connectivity index (χ2v) is 4.37. The second-order valence-electron chi connectivity index (χ2n) is 4.37. The highest BCUT2D eigenvalue weighted by molar-refractivity contribution is 5.87. The third kappa shape index (κ3) is 6.00. The Kier molecular flexibility index (Phi) is 6.23. The predicted octanol–water partition coefficient (Wildman–Crippen LogP) is 2.75. The fourth-order valence-corrected chi connectivity index (χ4v) is 1.32. The van der Waals surface area contributed by atoms with Crippen molar-refractivity contribution in [3.8, 4) is 0 Å². The standard InChI is InChI=1S/C16H18O4/c1-12(2)16(18)19-11-13(3)20-15(17)10-9-14-7-5-4-6-8-14/h4-10,13H,1,11H2,2-3H3. The summed E-state index contributed by atoms with van der Waals surface area (Å²) in [6.45, 7) is 6.68. The van der Waals surface area contributed by atoms with Crippen LogP contribution in [0.2, 0.25) is 0 Å². The van der Waals surface area contributed by atoms with Crippen molar-refractivity contribution in [2.75, 3.05) is 6.61 Å². The molecule has 0 heterocycles. The molecule has 1 aromatic rings. The van der Waals surface area contributed by atoms with Crippen LogP contribution in [0.4, 0.5) is 0 Å². The van der Waals surface area contributed by atoms with Crippen LogP contribution >= 0.6 is 0 Å². The molecule has 1 atom stereocenters. The highest BCUT2D eigenvalue weighted by Gasteiger charge is 2.10. The second kappa shape index (κ2) is 7.94. The van der Waals surface area contributed by atoms with E-state index in [0.29, 0.717) is 5.57 Å². The van der Waals surface area contributed by atoms with E-state index in [0.717, 1.165) is 5.56 Å². The van der Waals surface area contributed by atoms with E-state index in [-0.39, 0.29) is 6.61 Å². The van der Waals surface area contributed by atoms with Gasteiger partial charge in [-0.1, -0.05) is 36.9 Å². The Morgan fingerprint density at radius 1 is 1.30 bits per heavy atom. The maximum atomic E-state index is 11.5. The van der Waals surface area contributed by atoms with Gasteiger partial charge in [0.1, 0.15) is 12.7 Å². The first-order valence-corrected chi connectivity index (χ1v) is 6.25. The quantitative estimate of drug-likeness (QED) is 0.591. The number of carbonyl (C=O) groups excluding carboxylic acids is 2. The first kappa shape index (κ1) is 15.7. The molecule has 0 radical (unpaired) electrons. The topological polar surface area (TPSA) is 52.6 Å². The van der Waals surface area contributed by atoms with Gasteiger partial charge < -0.3 is 9.47 Å². The van der Waals surface area contributed by atoms with Gasteiger partial charge in [0.2, 0.25) is 0 Å². The van der Waals surface area contributed by atoms with E-state index in [9.17, 15) is 9.59 Å². The third-order valence-corrected chi connectivity index (χ3v) is 2.33. The Hall–Kier alpha value is -2.36. The lowest BCUT2D eigenvalue weighted by atomic mass is 10.2. The van der Waals surface area contributed by atoms with Crippen molar-refractivity contribution < 1.29 is 19.1 Å². The molecule has 0 aliphatic rings. The SMILES string of the molecule is C=C(C)C(=O)OCC(C)OC(=O)C=Cc1ccccc1. The lowest BCUT2D eigenvalue weighted by molar-refractivity contribution is -0.152. The molecule has 0 aromatic heterocycles. The van der Waals surface area contributed by atoms with Crippen molar-refractivity contribution in [1.82, 2.24) is 0 Å². The van der Waals surface area contributed by atoms with Crippen molar-refractivity contribution in [3.05, 3.63) is 54.1 Å². The zero-order chi connectivity index (χ0) is 15.0. The summed E-state index contributed by atoms with van der Waals surface area (Å²) < 4.78 is 9.96. The Morgan fingerprint density at radius 2 is 1.95 bits per heavy atom. The molecule has 1 aromatic carbocycles. The van der Waals surface area contributed by atoms with Crippen LogP contribution in [0.25, 0.3) is 6.08 Å². The molecular weight excluding hydrogens is 256 g/mol. The van der Waals surface area contributed by atoms with Crippen molar-refractivity contribution in [1.29, 1.82) is 0 Å². The molecule has 106 valence electrons. The van der Waals surface area contributed by atoms with Gasteiger partial charge in [-0.2, -0.15) is 0 Å². The summed E-state index contributed by atoms with van der Waals surface area (Å²) in [5.41, 5.74) is 1.22. The molecule has 0 saturated heterocycles. The average Bonchev–Trinajstić information content (AvgIpc) is 2.43. The van der Waals surface area contributed by atoms with Gasteiger partial charge in [0.25, 0.3) is 0 Å². The van der Waals surface area contributed by atoms with E-state index < -0.39 is 18.0 Å². The Labute approximate surface area is 118 Å². The maximum absolute atomic E-state index is 11.5. The van der Waals surface area contributed by atoms with Gasteiger partial charge in [0.15, 0.2) is 0 Å². The summed E-state index contributed by atoms with van der Waals surface area (Å²) in [4.78, 5) is 22.7. The number of rotatable bonds is 6. The average molecular weight is 274 g/mol. The van der Waals surface area contributed by atoms with Crippen LogP contribution in [-0.4, -0.2) is 24.6 Å². The van der Waals surface area contributed by atoms with Crippen molar-refractivity contribution in [2.45, 2.75) is 20.0 Å². The van der Waals surface area contributed by atoms with Gasteiger partial charge in [-0.3, -0.25) is 0 Å². The van der Waals surface area contributed by atoms with E-state index in [1.165, 1.54) is 6.08 Å². The molecule has 0 saturated carbocycles.